The zero-order valence-electron chi connectivity index (χ0n) is 9.57. The van der Waals surface area contributed by atoms with Gasteiger partial charge in [-0.2, -0.15) is 0 Å². The van der Waals surface area contributed by atoms with Gasteiger partial charge in [0.25, 0.3) is 0 Å². The molecule has 0 aliphatic carbocycles. The van der Waals surface area contributed by atoms with Crippen LogP contribution < -0.4 is 5.73 Å². The third-order valence-corrected chi connectivity index (χ3v) is 1.78. The third kappa shape index (κ3) is 4.58. The molecule has 0 saturated carbocycles. The second-order valence-corrected chi connectivity index (χ2v) is 4.80. The molecule has 0 aromatic heterocycles. The quantitative estimate of drug-likeness (QED) is 0.661. The van der Waals surface area contributed by atoms with Crippen LogP contribution in [0, 0.1) is 5.92 Å². The number of carbonyl (C=O) groups excluding carboxylic acids is 1. The van der Waals surface area contributed by atoms with Crippen LogP contribution in [0.1, 0.15) is 34.6 Å². The van der Waals surface area contributed by atoms with Crippen LogP contribution in [0.5, 0.6) is 0 Å². The second-order valence-electron chi connectivity index (χ2n) is 4.80. The molecule has 0 aliphatic rings. The zero-order chi connectivity index (χ0) is 11.5. The summed E-state index contributed by atoms with van der Waals surface area (Å²) < 4.78 is 5.00. The second kappa shape index (κ2) is 4.75. The molecule has 0 saturated heterocycles. The average Bonchev–Trinajstić information content (AvgIpc) is 1.98. The minimum absolute atomic E-state index is 0.0394. The minimum atomic E-state index is -1.24. The molecular weight excluding hydrogens is 182 g/mol. The molecule has 0 fully saturated rings. The van der Waals surface area contributed by atoms with Crippen LogP contribution in [0.2, 0.25) is 0 Å². The Kier molecular flexibility index (Phi) is 4.55. The highest BCUT2D eigenvalue weighted by Gasteiger charge is 2.29. The summed E-state index contributed by atoms with van der Waals surface area (Å²) in [7, 11) is 0. The molecule has 14 heavy (non-hydrogen) atoms. The Hall–Kier alpha value is -0.610. The predicted molar refractivity (Wildman–Crippen MR) is 54.7 cm³/mol. The maximum atomic E-state index is 11.4. The summed E-state index contributed by atoms with van der Waals surface area (Å²) >= 11 is 0. The number of carbonyl (C=O) groups is 1. The van der Waals surface area contributed by atoms with Crippen LogP contribution in [-0.4, -0.2) is 28.8 Å². The van der Waals surface area contributed by atoms with E-state index in [0.29, 0.717) is 0 Å². The number of nitrogens with two attached hydrogens (primary N) is 1. The lowest BCUT2D eigenvalue weighted by molar-refractivity contribution is -0.166. The lowest BCUT2D eigenvalue weighted by Crippen LogP contribution is -2.46. The monoisotopic (exact) mass is 203 g/mol. The minimum Gasteiger partial charge on any atom is -0.458 e. The van der Waals surface area contributed by atoms with Crippen LogP contribution in [0.4, 0.5) is 0 Å². The fourth-order valence-electron chi connectivity index (χ4n) is 0.884. The number of hydrogen-bond acceptors (Lipinski definition) is 4. The number of aliphatic hydroxyl groups excluding tert-OH is 1. The first-order valence-corrected chi connectivity index (χ1v) is 4.81. The topological polar surface area (TPSA) is 72.5 Å². The third-order valence-electron chi connectivity index (χ3n) is 1.78. The summed E-state index contributed by atoms with van der Waals surface area (Å²) in [5.74, 6) is -0.615. The molecule has 4 heteroatoms. The van der Waals surface area contributed by atoms with Gasteiger partial charge in [0.1, 0.15) is 5.60 Å². The largest absolute Gasteiger partial charge is 0.458 e. The van der Waals surface area contributed by atoms with Crippen LogP contribution in [0.25, 0.3) is 0 Å². The highest BCUT2D eigenvalue weighted by atomic mass is 16.6. The Labute approximate surface area is 85.4 Å². The van der Waals surface area contributed by atoms with Crippen molar-refractivity contribution < 1.29 is 14.6 Å². The lowest BCUT2D eigenvalue weighted by atomic mass is 9.99. The van der Waals surface area contributed by atoms with Gasteiger partial charge >= 0.3 is 5.97 Å². The van der Waals surface area contributed by atoms with Crippen molar-refractivity contribution in [1.82, 2.24) is 0 Å². The van der Waals surface area contributed by atoms with Gasteiger partial charge in [-0.15, -0.1) is 0 Å². The summed E-state index contributed by atoms with van der Waals surface area (Å²) in [5, 5.41) is 9.52. The zero-order valence-corrected chi connectivity index (χ0v) is 9.57. The van der Waals surface area contributed by atoms with Gasteiger partial charge in [-0.1, -0.05) is 13.8 Å². The Morgan fingerprint density at radius 2 is 1.79 bits per heavy atom. The first-order chi connectivity index (χ1) is 6.15. The van der Waals surface area contributed by atoms with E-state index in [9.17, 15) is 9.90 Å². The molecule has 4 nitrogen and oxygen atoms in total. The smallest absolute Gasteiger partial charge is 0.337 e. The number of ether oxygens (including phenoxy) is 1. The van der Waals surface area contributed by atoms with E-state index in [2.05, 4.69) is 0 Å². The molecule has 0 spiro atoms. The van der Waals surface area contributed by atoms with Crippen molar-refractivity contribution in [3.05, 3.63) is 0 Å². The van der Waals surface area contributed by atoms with Crippen molar-refractivity contribution in [2.45, 2.75) is 52.4 Å². The van der Waals surface area contributed by atoms with Gasteiger partial charge in [0.2, 0.25) is 0 Å². The summed E-state index contributed by atoms with van der Waals surface area (Å²) in [6.07, 6.45) is -1.24. The SMILES string of the molecule is CC(C)[C@H](N)C(O)C(=O)OC(C)(C)C. The summed E-state index contributed by atoms with van der Waals surface area (Å²) in [6, 6.07) is -0.579. The van der Waals surface area contributed by atoms with Gasteiger partial charge in [-0.25, -0.2) is 4.79 Å². The molecule has 3 N–H and O–H groups in total. The summed E-state index contributed by atoms with van der Waals surface area (Å²) in [5.41, 5.74) is 5.04. The molecule has 84 valence electrons. The van der Waals surface area contributed by atoms with Crippen LogP contribution >= 0.6 is 0 Å². The van der Waals surface area contributed by atoms with Crippen molar-refractivity contribution in [3.63, 3.8) is 0 Å². The first kappa shape index (κ1) is 13.4. The highest BCUT2D eigenvalue weighted by molar-refractivity contribution is 5.75. The molecule has 0 rings (SSSR count). The molecule has 2 atom stereocenters. The van der Waals surface area contributed by atoms with E-state index in [-0.39, 0.29) is 5.92 Å². The van der Waals surface area contributed by atoms with Crippen LogP contribution in [-0.2, 0) is 9.53 Å². The molecule has 1 unspecified atom stereocenters. The van der Waals surface area contributed by atoms with Crippen molar-refractivity contribution in [3.8, 4) is 0 Å². The predicted octanol–water partition coefficient (Wildman–Crippen LogP) is 0.672. The van der Waals surface area contributed by atoms with Gasteiger partial charge in [0, 0.05) is 6.04 Å². The first-order valence-electron chi connectivity index (χ1n) is 4.81. The van der Waals surface area contributed by atoms with Crippen molar-refractivity contribution >= 4 is 5.97 Å². The highest BCUT2D eigenvalue weighted by Crippen LogP contribution is 2.11. The lowest BCUT2D eigenvalue weighted by Gasteiger charge is -2.25. The standard InChI is InChI=1S/C10H21NO3/c1-6(2)7(11)8(12)9(13)14-10(3,4)5/h6-8,12H,11H2,1-5H3/t7-,8?/m0/s1. The van der Waals surface area contributed by atoms with Crippen molar-refractivity contribution in [2.75, 3.05) is 0 Å². The van der Waals surface area contributed by atoms with E-state index in [4.69, 9.17) is 10.5 Å². The molecule has 0 aliphatic heterocycles. The molecule has 0 radical (unpaired) electrons. The van der Waals surface area contributed by atoms with Gasteiger partial charge in [0.15, 0.2) is 6.10 Å². The number of rotatable bonds is 3. The van der Waals surface area contributed by atoms with Crippen LogP contribution in [0.15, 0.2) is 0 Å². The molecular formula is C10H21NO3. The Morgan fingerprint density at radius 3 is 2.07 bits per heavy atom. The van der Waals surface area contributed by atoms with Gasteiger partial charge < -0.3 is 15.6 Å². The van der Waals surface area contributed by atoms with Gasteiger partial charge in [-0.05, 0) is 26.7 Å². The average molecular weight is 203 g/mol. The Balaban J connectivity index is 4.26. The van der Waals surface area contributed by atoms with E-state index in [1.54, 1.807) is 20.8 Å². The maximum Gasteiger partial charge on any atom is 0.337 e. The van der Waals surface area contributed by atoms with Gasteiger partial charge in [-0.3, -0.25) is 0 Å². The number of hydrogen-bond donors (Lipinski definition) is 2. The van der Waals surface area contributed by atoms with Crippen molar-refractivity contribution in [1.29, 1.82) is 0 Å². The molecule has 0 aromatic rings. The maximum absolute atomic E-state index is 11.4. The Morgan fingerprint density at radius 1 is 1.36 bits per heavy atom. The van der Waals surface area contributed by atoms with Gasteiger partial charge in [0.05, 0.1) is 0 Å². The van der Waals surface area contributed by atoms with Crippen LogP contribution in [0.3, 0.4) is 0 Å². The van der Waals surface area contributed by atoms with E-state index in [1.807, 2.05) is 13.8 Å². The number of esters is 1. The van der Waals surface area contributed by atoms with E-state index < -0.39 is 23.7 Å². The van der Waals surface area contributed by atoms with E-state index in [1.165, 1.54) is 0 Å². The Bertz CT molecular complexity index is 196. The summed E-state index contributed by atoms with van der Waals surface area (Å²) in [4.78, 5) is 11.4. The van der Waals surface area contributed by atoms with E-state index in [0.717, 1.165) is 0 Å². The molecule has 0 aromatic carbocycles. The molecule has 0 bridgehead atoms. The fraction of sp³-hybridized carbons (Fsp3) is 0.900. The molecule has 0 heterocycles. The van der Waals surface area contributed by atoms with E-state index >= 15 is 0 Å². The molecule has 0 amide bonds. The fourth-order valence-corrected chi connectivity index (χ4v) is 0.884. The summed E-state index contributed by atoms with van der Waals surface area (Å²) in [6.45, 7) is 8.94. The number of aliphatic hydroxyl groups is 1. The normalized spacial score (nSPS) is 16.6. The van der Waals surface area contributed by atoms with Crippen molar-refractivity contribution in [2.24, 2.45) is 11.7 Å².